The van der Waals surface area contributed by atoms with Crippen molar-refractivity contribution in [3.63, 3.8) is 0 Å². The van der Waals surface area contributed by atoms with Gasteiger partial charge in [0.05, 0.1) is 5.69 Å². The molecule has 1 fully saturated rings. The number of nitrogens with zero attached hydrogens (tertiary/aromatic N) is 4. The monoisotopic (exact) mass is 444 g/mol. The molecule has 0 saturated heterocycles. The van der Waals surface area contributed by atoms with Crippen LogP contribution in [0.3, 0.4) is 0 Å². The fourth-order valence-electron chi connectivity index (χ4n) is 3.92. The molecule has 7 nitrogen and oxygen atoms in total. The number of aromatic amines is 1. The third-order valence-electron chi connectivity index (χ3n) is 5.41. The first-order valence-electron chi connectivity index (χ1n) is 10.2. The van der Waals surface area contributed by atoms with Crippen LogP contribution in [0.5, 0.6) is 0 Å². The Morgan fingerprint density at radius 3 is 2.90 bits per heavy atom. The van der Waals surface area contributed by atoms with Gasteiger partial charge < -0.3 is 9.88 Å². The zero-order valence-electron chi connectivity index (χ0n) is 16.9. The molecule has 0 atom stereocenters. The van der Waals surface area contributed by atoms with Crippen molar-refractivity contribution < 1.29 is 4.79 Å². The van der Waals surface area contributed by atoms with Crippen molar-refractivity contribution in [2.24, 2.45) is 0 Å². The lowest BCUT2D eigenvalue weighted by Gasteiger charge is -2.16. The van der Waals surface area contributed by atoms with E-state index in [1.807, 2.05) is 24.5 Å². The van der Waals surface area contributed by atoms with Crippen LogP contribution in [0.1, 0.15) is 54.5 Å². The number of hydrogen-bond acceptors (Lipinski definition) is 5. The van der Waals surface area contributed by atoms with E-state index in [2.05, 4.69) is 30.3 Å². The van der Waals surface area contributed by atoms with Gasteiger partial charge in [0.25, 0.3) is 5.91 Å². The van der Waals surface area contributed by atoms with Gasteiger partial charge in [0.15, 0.2) is 5.16 Å². The van der Waals surface area contributed by atoms with Crippen molar-refractivity contribution in [1.29, 1.82) is 0 Å². The van der Waals surface area contributed by atoms with Gasteiger partial charge in [-0.05, 0) is 43.7 Å². The Morgan fingerprint density at radius 1 is 1.30 bits per heavy atom. The number of nitrogens with one attached hydrogen (secondary N) is 2. The lowest BCUT2D eigenvalue weighted by molar-refractivity contribution is 0.0948. The van der Waals surface area contributed by atoms with Gasteiger partial charge in [-0.15, -0.1) is 10.2 Å². The normalized spacial score (nSPS) is 14.3. The first-order chi connectivity index (χ1) is 14.7. The summed E-state index contributed by atoms with van der Waals surface area (Å²) in [4.78, 5) is 12.4. The second kappa shape index (κ2) is 9.66. The van der Waals surface area contributed by atoms with Gasteiger partial charge in [-0.2, -0.15) is 5.10 Å². The zero-order chi connectivity index (χ0) is 20.9. The zero-order valence-corrected chi connectivity index (χ0v) is 18.5. The van der Waals surface area contributed by atoms with E-state index in [-0.39, 0.29) is 5.91 Å². The van der Waals surface area contributed by atoms with Crippen molar-refractivity contribution >= 4 is 29.3 Å². The summed E-state index contributed by atoms with van der Waals surface area (Å²) in [5.74, 6) is 0.850. The molecule has 1 saturated carbocycles. The summed E-state index contributed by atoms with van der Waals surface area (Å²) in [7, 11) is 0. The van der Waals surface area contributed by atoms with Crippen LogP contribution in [-0.4, -0.2) is 43.7 Å². The quantitative estimate of drug-likeness (QED) is 0.394. The van der Waals surface area contributed by atoms with Crippen LogP contribution >= 0.6 is 23.4 Å². The lowest BCUT2D eigenvalue weighted by Crippen LogP contribution is -2.25. The maximum Gasteiger partial charge on any atom is 0.269 e. The Hall–Kier alpha value is -2.32. The van der Waals surface area contributed by atoms with Crippen LogP contribution < -0.4 is 5.32 Å². The fraction of sp³-hybridized carbons (Fsp3) is 0.429. The lowest BCUT2D eigenvalue weighted by atomic mass is 10.1. The predicted molar refractivity (Wildman–Crippen MR) is 119 cm³/mol. The number of carbonyl (C=O) groups excluding carboxylic acids is 1. The smallest absolute Gasteiger partial charge is 0.269 e. The molecule has 2 N–H and O–H groups in total. The highest BCUT2D eigenvalue weighted by Crippen LogP contribution is 2.33. The van der Waals surface area contributed by atoms with Crippen LogP contribution in [0, 0.1) is 0 Å². The Labute approximate surface area is 185 Å². The number of H-pyrrole nitrogens is 1. The maximum absolute atomic E-state index is 12.4. The first kappa shape index (κ1) is 20.9. The number of aryl methyl sites for hydroxylation is 1. The van der Waals surface area contributed by atoms with E-state index in [4.69, 9.17) is 11.6 Å². The minimum absolute atomic E-state index is 0.169. The Bertz CT molecular complexity index is 1010. The SMILES string of the molecule is CSc1nnc(CCCNC(=O)c2cc(-c3cccc(Cl)c3)n[nH]2)n1C1CCCC1. The molecule has 0 spiro atoms. The Kier molecular flexibility index (Phi) is 6.74. The van der Waals surface area contributed by atoms with Gasteiger partial charge in [0, 0.05) is 29.6 Å². The molecule has 158 valence electrons. The Morgan fingerprint density at radius 2 is 2.13 bits per heavy atom. The molecule has 30 heavy (non-hydrogen) atoms. The van der Waals surface area contributed by atoms with Crippen molar-refractivity contribution in [2.45, 2.75) is 49.7 Å². The van der Waals surface area contributed by atoms with Gasteiger partial charge in [-0.3, -0.25) is 9.89 Å². The number of halogens is 1. The largest absolute Gasteiger partial charge is 0.351 e. The molecule has 1 aromatic carbocycles. The van der Waals surface area contributed by atoms with Crippen LogP contribution in [0.4, 0.5) is 0 Å². The van der Waals surface area contributed by atoms with E-state index >= 15 is 0 Å². The number of benzene rings is 1. The second-order valence-electron chi connectivity index (χ2n) is 7.45. The average molecular weight is 445 g/mol. The van der Waals surface area contributed by atoms with Crippen molar-refractivity contribution in [3.8, 4) is 11.3 Å². The summed E-state index contributed by atoms with van der Waals surface area (Å²) in [5.41, 5.74) is 1.99. The number of thioether (sulfide) groups is 1. The molecule has 1 amide bonds. The third-order valence-corrected chi connectivity index (χ3v) is 6.29. The minimum atomic E-state index is -0.169. The third kappa shape index (κ3) is 4.70. The average Bonchev–Trinajstić information content (AvgIpc) is 3.51. The predicted octanol–water partition coefficient (Wildman–Crippen LogP) is 4.52. The van der Waals surface area contributed by atoms with Crippen LogP contribution in [0.15, 0.2) is 35.5 Å². The standard InChI is InChI=1S/C21H25ClN6OS/c1-30-21-27-26-19(28(21)16-8-2-3-9-16)10-5-11-23-20(29)18-13-17(24-25-18)14-6-4-7-15(22)12-14/h4,6-7,12-13,16H,2-3,5,8-11H2,1H3,(H,23,29)(H,24,25). The number of rotatable bonds is 8. The van der Waals surface area contributed by atoms with Crippen LogP contribution in [0.25, 0.3) is 11.3 Å². The number of carbonyl (C=O) groups is 1. The molecule has 9 heteroatoms. The summed E-state index contributed by atoms with van der Waals surface area (Å²) in [6, 6.07) is 9.65. The van der Waals surface area contributed by atoms with Gasteiger partial charge >= 0.3 is 0 Å². The van der Waals surface area contributed by atoms with Gasteiger partial charge in [-0.1, -0.05) is 48.3 Å². The Balaban J connectivity index is 1.31. The van der Waals surface area contributed by atoms with Gasteiger partial charge in [-0.25, -0.2) is 0 Å². The van der Waals surface area contributed by atoms with E-state index in [0.29, 0.717) is 29.0 Å². The molecule has 3 aromatic rings. The van der Waals surface area contributed by atoms with E-state index < -0.39 is 0 Å². The van der Waals surface area contributed by atoms with E-state index in [0.717, 1.165) is 29.4 Å². The van der Waals surface area contributed by atoms with E-state index in [1.54, 1.807) is 23.9 Å². The molecule has 0 radical (unpaired) electrons. The first-order valence-corrected chi connectivity index (χ1v) is 11.8. The van der Waals surface area contributed by atoms with Gasteiger partial charge in [0.2, 0.25) is 0 Å². The fourth-order valence-corrected chi connectivity index (χ4v) is 4.69. The highest BCUT2D eigenvalue weighted by Gasteiger charge is 2.23. The van der Waals surface area contributed by atoms with Gasteiger partial charge in [0.1, 0.15) is 11.5 Å². The molecule has 1 aliphatic rings. The minimum Gasteiger partial charge on any atom is -0.351 e. The highest BCUT2D eigenvalue weighted by molar-refractivity contribution is 7.98. The number of hydrogen-bond donors (Lipinski definition) is 2. The molecule has 2 heterocycles. The van der Waals surface area contributed by atoms with Crippen LogP contribution in [-0.2, 0) is 6.42 Å². The summed E-state index contributed by atoms with van der Waals surface area (Å²) < 4.78 is 2.31. The summed E-state index contributed by atoms with van der Waals surface area (Å²) in [6.45, 7) is 0.566. The molecular weight excluding hydrogens is 420 g/mol. The molecule has 4 rings (SSSR count). The van der Waals surface area contributed by atoms with Crippen molar-refractivity contribution in [2.75, 3.05) is 12.8 Å². The number of aromatic nitrogens is 5. The second-order valence-corrected chi connectivity index (χ2v) is 8.66. The van der Waals surface area contributed by atoms with Crippen LogP contribution in [0.2, 0.25) is 5.02 Å². The van der Waals surface area contributed by atoms with E-state index in [9.17, 15) is 4.79 Å². The van der Waals surface area contributed by atoms with Crippen molar-refractivity contribution in [1.82, 2.24) is 30.3 Å². The van der Waals surface area contributed by atoms with E-state index in [1.165, 1.54) is 25.7 Å². The number of amides is 1. The molecule has 2 aromatic heterocycles. The molecule has 1 aliphatic carbocycles. The van der Waals surface area contributed by atoms with Crippen molar-refractivity contribution in [3.05, 3.63) is 46.9 Å². The highest BCUT2D eigenvalue weighted by atomic mass is 35.5. The summed E-state index contributed by atoms with van der Waals surface area (Å²) in [6.07, 6.45) is 8.58. The maximum atomic E-state index is 12.4. The molecule has 0 bridgehead atoms. The molecular formula is C21H25ClN6OS. The molecule has 0 aliphatic heterocycles. The summed E-state index contributed by atoms with van der Waals surface area (Å²) in [5, 5.41) is 20.4. The molecule has 0 unspecified atom stereocenters. The summed E-state index contributed by atoms with van der Waals surface area (Å²) >= 11 is 7.68. The topological polar surface area (TPSA) is 88.5 Å².